The number of hydrogen-bond acceptors (Lipinski definition) is 2. The van der Waals surface area contributed by atoms with Crippen molar-refractivity contribution < 1.29 is 4.74 Å². The number of ether oxygens (including phenoxy) is 1. The standard InChI is InChI=1S/C15H24ClN3O.HI/c1-17-15(18-10-4-3-5-11-20-2)19-12-13-6-8-14(16)9-7-13;/h6-9H,3-5,10-12H2,1-2H3,(H2,17,18,19);1H. The average Bonchev–Trinajstić information content (AvgIpc) is 2.47. The molecular formula is C15H25ClIN3O. The van der Waals surface area contributed by atoms with E-state index in [-0.39, 0.29) is 24.0 Å². The molecule has 0 aliphatic rings. The summed E-state index contributed by atoms with van der Waals surface area (Å²) in [6.07, 6.45) is 3.38. The van der Waals surface area contributed by atoms with E-state index in [1.165, 1.54) is 5.56 Å². The fourth-order valence-electron chi connectivity index (χ4n) is 1.76. The molecule has 21 heavy (non-hydrogen) atoms. The zero-order valence-corrected chi connectivity index (χ0v) is 15.8. The van der Waals surface area contributed by atoms with Crippen molar-refractivity contribution in [3.8, 4) is 0 Å². The number of hydrogen-bond donors (Lipinski definition) is 2. The van der Waals surface area contributed by atoms with E-state index in [4.69, 9.17) is 16.3 Å². The number of unbranched alkanes of at least 4 members (excludes halogenated alkanes) is 2. The van der Waals surface area contributed by atoms with E-state index in [0.29, 0.717) is 0 Å². The van der Waals surface area contributed by atoms with Gasteiger partial charge < -0.3 is 15.4 Å². The number of guanidine groups is 1. The quantitative estimate of drug-likeness (QED) is 0.290. The second-order valence-corrected chi connectivity index (χ2v) is 4.97. The number of rotatable bonds is 8. The van der Waals surface area contributed by atoms with Gasteiger partial charge in [-0.15, -0.1) is 24.0 Å². The van der Waals surface area contributed by atoms with Gasteiger partial charge >= 0.3 is 0 Å². The van der Waals surface area contributed by atoms with Gasteiger partial charge in [0, 0.05) is 38.9 Å². The Hall–Kier alpha value is -0.530. The summed E-state index contributed by atoms with van der Waals surface area (Å²) >= 11 is 5.86. The highest BCUT2D eigenvalue weighted by Gasteiger charge is 1.98. The third-order valence-corrected chi connectivity index (χ3v) is 3.17. The predicted octanol–water partition coefficient (Wildman–Crippen LogP) is 3.44. The summed E-state index contributed by atoms with van der Waals surface area (Å²) in [5.74, 6) is 0.826. The lowest BCUT2D eigenvalue weighted by Crippen LogP contribution is -2.37. The molecule has 0 atom stereocenters. The molecule has 0 radical (unpaired) electrons. The molecule has 0 heterocycles. The Labute approximate surface area is 149 Å². The van der Waals surface area contributed by atoms with E-state index >= 15 is 0 Å². The molecule has 120 valence electrons. The SMILES string of the molecule is CN=C(NCCCCCOC)NCc1ccc(Cl)cc1.I. The number of methoxy groups -OCH3 is 1. The van der Waals surface area contributed by atoms with E-state index < -0.39 is 0 Å². The molecule has 0 unspecified atom stereocenters. The van der Waals surface area contributed by atoms with Crippen LogP contribution in [0.25, 0.3) is 0 Å². The summed E-state index contributed by atoms with van der Waals surface area (Å²) in [7, 11) is 3.52. The van der Waals surface area contributed by atoms with E-state index in [0.717, 1.165) is 49.9 Å². The molecule has 1 aromatic carbocycles. The molecule has 0 bridgehead atoms. The van der Waals surface area contributed by atoms with Crippen LogP contribution < -0.4 is 10.6 Å². The zero-order valence-electron chi connectivity index (χ0n) is 12.7. The van der Waals surface area contributed by atoms with Crippen molar-refractivity contribution >= 4 is 41.5 Å². The molecule has 0 aliphatic carbocycles. The van der Waals surface area contributed by atoms with Crippen molar-refractivity contribution in [1.29, 1.82) is 0 Å². The van der Waals surface area contributed by atoms with Gasteiger partial charge in [0.25, 0.3) is 0 Å². The maximum Gasteiger partial charge on any atom is 0.191 e. The Balaban J connectivity index is 0.00000400. The van der Waals surface area contributed by atoms with E-state index in [1.807, 2.05) is 24.3 Å². The summed E-state index contributed by atoms with van der Waals surface area (Å²) in [5.41, 5.74) is 1.18. The van der Waals surface area contributed by atoms with Gasteiger partial charge in [-0.25, -0.2) is 0 Å². The molecule has 0 aromatic heterocycles. The number of benzene rings is 1. The van der Waals surface area contributed by atoms with Crippen LogP contribution in [0.1, 0.15) is 24.8 Å². The highest BCUT2D eigenvalue weighted by molar-refractivity contribution is 14.0. The van der Waals surface area contributed by atoms with Gasteiger partial charge in [0.05, 0.1) is 0 Å². The van der Waals surface area contributed by atoms with Crippen LogP contribution in [0.5, 0.6) is 0 Å². The lowest BCUT2D eigenvalue weighted by molar-refractivity contribution is 0.192. The van der Waals surface area contributed by atoms with E-state index in [2.05, 4.69) is 15.6 Å². The van der Waals surface area contributed by atoms with Crippen molar-refractivity contribution in [3.63, 3.8) is 0 Å². The van der Waals surface area contributed by atoms with Crippen molar-refractivity contribution in [2.75, 3.05) is 27.3 Å². The Morgan fingerprint density at radius 2 is 1.86 bits per heavy atom. The molecule has 0 saturated carbocycles. The van der Waals surface area contributed by atoms with Crippen molar-refractivity contribution in [3.05, 3.63) is 34.9 Å². The molecular weight excluding hydrogens is 401 g/mol. The first-order chi connectivity index (χ1) is 9.76. The fraction of sp³-hybridized carbons (Fsp3) is 0.533. The van der Waals surface area contributed by atoms with Crippen LogP contribution in [0.3, 0.4) is 0 Å². The predicted molar refractivity (Wildman–Crippen MR) is 101 cm³/mol. The molecule has 1 aromatic rings. The van der Waals surface area contributed by atoms with Crippen LogP contribution in [-0.2, 0) is 11.3 Å². The highest BCUT2D eigenvalue weighted by Crippen LogP contribution is 2.08. The molecule has 0 saturated heterocycles. The van der Waals surface area contributed by atoms with E-state index in [1.54, 1.807) is 14.2 Å². The molecule has 0 amide bonds. The first-order valence-electron chi connectivity index (χ1n) is 6.94. The third-order valence-electron chi connectivity index (χ3n) is 2.91. The Kier molecular flexibility index (Phi) is 12.8. The van der Waals surface area contributed by atoms with Gasteiger partial charge in [-0.1, -0.05) is 23.7 Å². The van der Waals surface area contributed by atoms with Gasteiger partial charge in [-0.2, -0.15) is 0 Å². The lowest BCUT2D eigenvalue weighted by atomic mass is 10.2. The molecule has 4 nitrogen and oxygen atoms in total. The van der Waals surface area contributed by atoms with Crippen LogP contribution in [0, 0.1) is 0 Å². The Bertz CT molecular complexity index is 398. The third kappa shape index (κ3) is 9.92. The largest absolute Gasteiger partial charge is 0.385 e. The summed E-state index contributed by atoms with van der Waals surface area (Å²) in [6.45, 7) is 2.49. The highest BCUT2D eigenvalue weighted by atomic mass is 127. The second-order valence-electron chi connectivity index (χ2n) is 4.53. The maximum atomic E-state index is 5.86. The summed E-state index contributed by atoms with van der Waals surface area (Å²) in [6, 6.07) is 7.80. The second kappa shape index (κ2) is 13.2. The first-order valence-corrected chi connectivity index (χ1v) is 7.32. The molecule has 0 fully saturated rings. The van der Waals surface area contributed by atoms with Crippen molar-refractivity contribution in [1.82, 2.24) is 10.6 Å². The molecule has 6 heteroatoms. The summed E-state index contributed by atoms with van der Waals surface area (Å²) in [5, 5.41) is 7.34. The minimum Gasteiger partial charge on any atom is -0.385 e. The van der Waals surface area contributed by atoms with Crippen molar-refractivity contribution in [2.24, 2.45) is 4.99 Å². The summed E-state index contributed by atoms with van der Waals surface area (Å²) in [4.78, 5) is 4.20. The molecule has 0 spiro atoms. The minimum absolute atomic E-state index is 0. The fourth-order valence-corrected chi connectivity index (χ4v) is 1.89. The van der Waals surface area contributed by atoms with Crippen LogP contribution in [0.2, 0.25) is 5.02 Å². The van der Waals surface area contributed by atoms with E-state index in [9.17, 15) is 0 Å². The van der Waals surface area contributed by atoms with Gasteiger partial charge in [-0.05, 0) is 37.0 Å². The molecule has 0 aliphatic heterocycles. The molecule has 1 rings (SSSR count). The summed E-state index contributed by atoms with van der Waals surface area (Å²) < 4.78 is 5.02. The Morgan fingerprint density at radius 3 is 2.48 bits per heavy atom. The van der Waals surface area contributed by atoms with Crippen LogP contribution in [-0.4, -0.2) is 33.3 Å². The smallest absolute Gasteiger partial charge is 0.191 e. The Morgan fingerprint density at radius 1 is 1.14 bits per heavy atom. The normalized spacial score (nSPS) is 10.9. The zero-order chi connectivity index (χ0) is 14.6. The number of aliphatic imine (C=N–C) groups is 1. The van der Waals surface area contributed by atoms with Crippen molar-refractivity contribution in [2.45, 2.75) is 25.8 Å². The van der Waals surface area contributed by atoms with Gasteiger partial charge in [0.1, 0.15) is 0 Å². The number of nitrogens with one attached hydrogen (secondary N) is 2. The first kappa shape index (κ1) is 20.5. The maximum absolute atomic E-state index is 5.86. The van der Waals surface area contributed by atoms with Crippen LogP contribution in [0.15, 0.2) is 29.3 Å². The molecule has 2 N–H and O–H groups in total. The van der Waals surface area contributed by atoms with Gasteiger partial charge in [0.15, 0.2) is 5.96 Å². The topological polar surface area (TPSA) is 45.7 Å². The van der Waals surface area contributed by atoms with Crippen LogP contribution >= 0.6 is 35.6 Å². The van der Waals surface area contributed by atoms with Gasteiger partial charge in [0.2, 0.25) is 0 Å². The lowest BCUT2D eigenvalue weighted by Gasteiger charge is -2.12. The van der Waals surface area contributed by atoms with Gasteiger partial charge in [-0.3, -0.25) is 4.99 Å². The number of nitrogens with zero attached hydrogens (tertiary/aromatic N) is 1. The average molecular weight is 426 g/mol. The number of halogens is 2. The van der Waals surface area contributed by atoms with Crippen LogP contribution in [0.4, 0.5) is 0 Å². The minimum atomic E-state index is 0. The monoisotopic (exact) mass is 425 g/mol.